The molecule has 0 saturated carbocycles. The molecular formula is C28H33N3O2. The lowest BCUT2D eigenvalue weighted by Gasteiger charge is -2.27. The molecule has 33 heavy (non-hydrogen) atoms. The predicted molar refractivity (Wildman–Crippen MR) is 133 cm³/mol. The molecule has 2 heterocycles. The minimum absolute atomic E-state index is 0.161. The van der Waals surface area contributed by atoms with Crippen LogP contribution in [0.3, 0.4) is 0 Å². The summed E-state index contributed by atoms with van der Waals surface area (Å²) in [5.41, 5.74) is 5.75. The van der Waals surface area contributed by atoms with E-state index >= 15 is 0 Å². The lowest BCUT2D eigenvalue weighted by Crippen LogP contribution is -2.36. The van der Waals surface area contributed by atoms with Crippen LogP contribution in [0.25, 0.3) is 11.1 Å². The molecule has 2 aromatic carbocycles. The SMILES string of the molecule is Cc1ccccc1-c1ccccc1CN1CC[C@@H](N(C)c2ncccc2C(=O)OC(C)C)C1. The summed E-state index contributed by atoms with van der Waals surface area (Å²) in [7, 11) is 2.03. The number of carbonyl (C=O) groups excluding carboxylic acids is 1. The van der Waals surface area contributed by atoms with E-state index in [-0.39, 0.29) is 18.1 Å². The Bertz CT molecular complexity index is 1110. The number of hydrogen-bond acceptors (Lipinski definition) is 5. The normalized spacial score (nSPS) is 16.2. The number of carbonyl (C=O) groups is 1. The van der Waals surface area contributed by atoms with Gasteiger partial charge in [0.15, 0.2) is 0 Å². The number of esters is 1. The Morgan fingerprint density at radius 3 is 2.58 bits per heavy atom. The quantitative estimate of drug-likeness (QED) is 0.462. The molecule has 1 saturated heterocycles. The van der Waals surface area contributed by atoms with Crippen LogP contribution in [-0.2, 0) is 11.3 Å². The second-order valence-electron chi connectivity index (χ2n) is 9.09. The predicted octanol–water partition coefficient (Wildman–Crippen LogP) is 5.33. The third kappa shape index (κ3) is 5.25. The van der Waals surface area contributed by atoms with Gasteiger partial charge in [0, 0.05) is 38.9 Å². The van der Waals surface area contributed by atoms with Crippen LogP contribution in [0.5, 0.6) is 0 Å². The fraction of sp³-hybridized carbons (Fsp3) is 0.357. The van der Waals surface area contributed by atoms with E-state index in [0.29, 0.717) is 11.4 Å². The van der Waals surface area contributed by atoms with E-state index in [0.717, 1.165) is 26.1 Å². The molecule has 0 N–H and O–H groups in total. The monoisotopic (exact) mass is 443 g/mol. The molecule has 172 valence electrons. The van der Waals surface area contributed by atoms with Crippen LogP contribution in [0, 0.1) is 6.92 Å². The van der Waals surface area contributed by atoms with Gasteiger partial charge in [-0.05, 0) is 61.6 Å². The van der Waals surface area contributed by atoms with Crippen LogP contribution in [0.1, 0.15) is 41.8 Å². The lowest BCUT2D eigenvalue weighted by molar-refractivity contribution is 0.0378. The largest absolute Gasteiger partial charge is 0.459 e. The highest BCUT2D eigenvalue weighted by molar-refractivity contribution is 5.94. The second-order valence-corrected chi connectivity index (χ2v) is 9.09. The first kappa shape index (κ1) is 23.0. The number of nitrogens with zero attached hydrogens (tertiary/aromatic N) is 3. The van der Waals surface area contributed by atoms with Gasteiger partial charge >= 0.3 is 5.97 Å². The van der Waals surface area contributed by atoms with Crippen LogP contribution in [0.15, 0.2) is 66.9 Å². The fourth-order valence-corrected chi connectivity index (χ4v) is 4.60. The van der Waals surface area contributed by atoms with Gasteiger partial charge < -0.3 is 9.64 Å². The average Bonchev–Trinajstić information content (AvgIpc) is 3.27. The zero-order valence-corrected chi connectivity index (χ0v) is 20.0. The van der Waals surface area contributed by atoms with Gasteiger partial charge in [-0.2, -0.15) is 0 Å². The van der Waals surface area contributed by atoms with E-state index in [4.69, 9.17) is 4.74 Å². The van der Waals surface area contributed by atoms with Crippen molar-refractivity contribution in [2.45, 2.75) is 45.9 Å². The molecular weight excluding hydrogens is 410 g/mol. The number of benzene rings is 2. The molecule has 1 fully saturated rings. The van der Waals surface area contributed by atoms with Crippen molar-refractivity contribution in [1.29, 1.82) is 0 Å². The number of aromatic nitrogens is 1. The summed E-state index contributed by atoms with van der Waals surface area (Å²) in [6.45, 7) is 8.73. The molecule has 4 rings (SSSR count). The summed E-state index contributed by atoms with van der Waals surface area (Å²) in [4.78, 5) is 21.8. The molecule has 0 bridgehead atoms. The van der Waals surface area contributed by atoms with Crippen molar-refractivity contribution < 1.29 is 9.53 Å². The fourth-order valence-electron chi connectivity index (χ4n) is 4.60. The van der Waals surface area contributed by atoms with Crippen molar-refractivity contribution in [1.82, 2.24) is 9.88 Å². The van der Waals surface area contributed by atoms with Crippen molar-refractivity contribution in [2.75, 3.05) is 25.0 Å². The molecule has 5 heteroatoms. The van der Waals surface area contributed by atoms with E-state index in [1.165, 1.54) is 22.3 Å². The van der Waals surface area contributed by atoms with Gasteiger partial charge in [0.1, 0.15) is 11.4 Å². The van der Waals surface area contributed by atoms with E-state index in [1.807, 2.05) is 20.9 Å². The van der Waals surface area contributed by atoms with E-state index in [9.17, 15) is 4.79 Å². The van der Waals surface area contributed by atoms with Crippen LogP contribution in [0.4, 0.5) is 5.82 Å². The van der Waals surface area contributed by atoms with Gasteiger partial charge in [-0.15, -0.1) is 0 Å². The smallest absolute Gasteiger partial charge is 0.342 e. The first-order valence-corrected chi connectivity index (χ1v) is 11.7. The summed E-state index contributed by atoms with van der Waals surface area (Å²) in [6, 6.07) is 21.1. The minimum atomic E-state index is -0.318. The zero-order valence-electron chi connectivity index (χ0n) is 20.0. The maximum Gasteiger partial charge on any atom is 0.342 e. The minimum Gasteiger partial charge on any atom is -0.459 e. The Labute approximate surface area is 197 Å². The first-order chi connectivity index (χ1) is 15.9. The molecule has 3 aromatic rings. The van der Waals surface area contributed by atoms with Crippen molar-refractivity contribution in [3.63, 3.8) is 0 Å². The van der Waals surface area contributed by atoms with E-state index < -0.39 is 0 Å². The number of hydrogen-bond donors (Lipinski definition) is 0. The molecule has 0 spiro atoms. The number of aryl methyl sites for hydroxylation is 1. The van der Waals surface area contributed by atoms with Gasteiger partial charge in [-0.3, -0.25) is 4.90 Å². The van der Waals surface area contributed by atoms with Crippen molar-refractivity contribution in [3.8, 4) is 11.1 Å². The number of pyridine rings is 1. The van der Waals surface area contributed by atoms with Gasteiger partial charge in [0.25, 0.3) is 0 Å². The summed E-state index contributed by atoms with van der Waals surface area (Å²) in [6.07, 6.45) is 2.60. The molecule has 0 aliphatic carbocycles. The Balaban J connectivity index is 1.49. The second kappa shape index (κ2) is 10.2. The van der Waals surface area contributed by atoms with Crippen LogP contribution in [-0.4, -0.2) is 48.1 Å². The lowest BCUT2D eigenvalue weighted by atomic mass is 9.96. The number of anilines is 1. The number of likely N-dealkylation sites (N-methyl/N-ethyl adjacent to an activating group) is 1. The molecule has 1 aliphatic rings. The molecule has 5 nitrogen and oxygen atoms in total. The summed E-state index contributed by atoms with van der Waals surface area (Å²) in [5, 5.41) is 0. The highest BCUT2D eigenvalue weighted by Crippen LogP contribution is 2.30. The van der Waals surface area contributed by atoms with Gasteiger partial charge in [-0.25, -0.2) is 9.78 Å². The van der Waals surface area contributed by atoms with Crippen LogP contribution in [0.2, 0.25) is 0 Å². The van der Waals surface area contributed by atoms with Gasteiger partial charge in [0.2, 0.25) is 0 Å². The summed E-state index contributed by atoms with van der Waals surface area (Å²) >= 11 is 0. The van der Waals surface area contributed by atoms with Crippen molar-refractivity contribution in [2.24, 2.45) is 0 Å². The maximum atomic E-state index is 12.6. The third-order valence-corrected chi connectivity index (χ3v) is 6.33. The number of ether oxygens (including phenoxy) is 1. The summed E-state index contributed by atoms with van der Waals surface area (Å²) < 4.78 is 5.44. The van der Waals surface area contributed by atoms with E-state index in [2.05, 4.69) is 70.2 Å². The van der Waals surface area contributed by atoms with Crippen molar-refractivity contribution in [3.05, 3.63) is 83.6 Å². The Kier molecular flexibility index (Phi) is 7.09. The molecule has 0 unspecified atom stereocenters. The van der Waals surface area contributed by atoms with Crippen LogP contribution >= 0.6 is 0 Å². The van der Waals surface area contributed by atoms with Gasteiger partial charge in [0.05, 0.1) is 6.10 Å². The van der Waals surface area contributed by atoms with Crippen LogP contribution < -0.4 is 4.90 Å². The molecule has 1 aliphatic heterocycles. The molecule has 1 aromatic heterocycles. The van der Waals surface area contributed by atoms with Crippen molar-refractivity contribution >= 4 is 11.8 Å². The molecule has 0 radical (unpaired) electrons. The average molecular weight is 444 g/mol. The third-order valence-electron chi connectivity index (χ3n) is 6.33. The Morgan fingerprint density at radius 1 is 1.09 bits per heavy atom. The standard InChI is InChI=1S/C28H33N3O2/c1-20(2)33-28(32)26-14-9-16-29-27(26)30(4)23-15-17-31(19-23)18-22-11-6-8-13-25(22)24-12-7-5-10-21(24)3/h5-14,16,20,23H,15,17-19H2,1-4H3/t23-/m1/s1. The zero-order chi connectivity index (χ0) is 23.4. The molecule has 0 amide bonds. The van der Waals surface area contributed by atoms with E-state index in [1.54, 1.807) is 18.3 Å². The highest BCUT2D eigenvalue weighted by Gasteiger charge is 2.29. The Morgan fingerprint density at radius 2 is 1.82 bits per heavy atom. The topological polar surface area (TPSA) is 45.7 Å². The Hall–Kier alpha value is -3.18. The number of likely N-dealkylation sites (tertiary alicyclic amines) is 1. The van der Waals surface area contributed by atoms with Gasteiger partial charge in [-0.1, -0.05) is 48.5 Å². The maximum absolute atomic E-state index is 12.6. The highest BCUT2D eigenvalue weighted by atomic mass is 16.5. The first-order valence-electron chi connectivity index (χ1n) is 11.7. The summed E-state index contributed by atoms with van der Waals surface area (Å²) in [5.74, 6) is 0.372. The number of rotatable bonds is 7. The molecule has 1 atom stereocenters.